The van der Waals surface area contributed by atoms with Gasteiger partial charge in [-0.15, -0.1) is 0 Å². The standard InChI is InChI=1S/C24H21N7OS/c1-14-9-15(29-23-22-19(26-12-27-23)11-25-24(30-22)33-2)3-8-21(14)32-17-6-7-20-18(10-17)28-13-31(20)16-4-5-16/h3,6-13,16H,4-5H2,1-2H3,(H,26,27,29). The van der Waals surface area contributed by atoms with E-state index in [4.69, 9.17) is 4.74 Å². The van der Waals surface area contributed by atoms with Crippen LogP contribution in [0.3, 0.4) is 0 Å². The molecule has 0 atom stereocenters. The highest BCUT2D eigenvalue weighted by Gasteiger charge is 2.24. The minimum absolute atomic E-state index is 0.606. The summed E-state index contributed by atoms with van der Waals surface area (Å²) in [6, 6.07) is 12.6. The van der Waals surface area contributed by atoms with Gasteiger partial charge in [0.1, 0.15) is 28.9 Å². The number of fused-ring (bicyclic) bond motifs is 2. The zero-order valence-electron chi connectivity index (χ0n) is 18.2. The maximum atomic E-state index is 6.18. The van der Waals surface area contributed by atoms with Gasteiger partial charge in [0.05, 0.1) is 23.6 Å². The number of hydrogen-bond donors (Lipinski definition) is 1. The molecule has 6 rings (SSSR count). The summed E-state index contributed by atoms with van der Waals surface area (Å²) in [4.78, 5) is 22.0. The molecular formula is C24H21N7OS. The fourth-order valence-corrected chi connectivity index (χ4v) is 4.19. The van der Waals surface area contributed by atoms with Gasteiger partial charge in [0.2, 0.25) is 0 Å². The van der Waals surface area contributed by atoms with Gasteiger partial charge < -0.3 is 14.6 Å². The third kappa shape index (κ3) is 3.84. The molecule has 8 nitrogen and oxygen atoms in total. The molecule has 3 heterocycles. The lowest BCUT2D eigenvalue weighted by molar-refractivity contribution is 0.479. The second-order valence-electron chi connectivity index (χ2n) is 8.05. The van der Waals surface area contributed by atoms with Crippen molar-refractivity contribution in [3.8, 4) is 11.5 Å². The number of thioether (sulfide) groups is 1. The highest BCUT2D eigenvalue weighted by molar-refractivity contribution is 7.98. The molecule has 164 valence electrons. The predicted molar refractivity (Wildman–Crippen MR) is 129 cm³/mol. The fourth-order valence-electron chi connectivity index (χ4n) is 3.85. The van der Waals surface area contributed by atoms with Crippen LogP contribution in [0.2, 0.25) is 0 Å². The quantitative estimate of drug-likeness (QED) is 0.259. The highest BCUT2D eigenvalue weighted by atomic mass is 32.2. The first-order valence-corrected chi connectivity index (χ1v) is 11.9. The number of benzene rings is 2. The predicted octanol–water partition coefficient (Wildman–Crippen LogP) is 5.67. The van der Waals surface area contributed by atoms with E-state index in [-0.39, 0.29) is 0 Å². The highest BCUT2D eigenvalue weighted by Crippen LogP contribution is 2.38. The Balaban J connectivity index is 1.25. The largest absolute Gasteiger partial charge is 0.457 e. The SMILES string of the molecule is CSc1ncc2ncnc(Nc3ccc(Oc4ccc5c(c4)ncn5C4CC4)c(C)c3)c2n1. The lowest BCUT2D eigenvalue weighted by Crippen LogP contribution is -1.99. The van der Waals surface area contributed by atoms with Gasteiger partial charge in [-0.25, -0.2) is 24.9 Å². The Bertz CT molecular complexity index is 1500. The van der Waals surface area contributed by atoms with Crippen LogP contribution in [0.5, 0.6) is 11.5 Å². The smallest absolute Gasteiger partial charge is 0.188 e. The van der Waals surface area contributed by atoms with Crippen molar-refractivity contribution in [3.63, 3.8) is 0 Å². The van der Waals surface area contributed by atoms with Gasteiger partial charge in [-0.1, -0.05) is 11.8 Å². The van der Waals surface area contributed by atoms with Gasteiger partial charge >= 0.3 is 0 Å². The molecule has 0 amide bonds. The van der Waals surface area contributed by atoms with Crippen LogP contribution in [-0.4, -0.2) is 35.7 Å². The Labute approximate surface area is 194 Å². The molecule has 33 heavy (non-hydrogen) atoms. The van der Waals surface area contributed by atoms with Crippen LogP contribution in [0, 0.1) is 6.92 Å². The summed E-state index contributed by atoms with van der Waals surface area (Å²) in [7, 11) is 0. The first kappa shape index (κ1) is 19.9. The van der Waals surface area contributed by atoms with Crippen LogP contribution in [0.15, 0.2) is 60.4 Å². The molecular weight excluding hydrogens is 434 g/mol. The molecule has 0 bridgehead atoms. The normalized spacial score (nSPS) is 13.5. The molecule has 0 spiro atoms. The second-order valence-corrected chi connectivity index (χ2v) is 8.83. The van der Waals surface area contributed by atoms with E-state index in [2.05, 4.69) is 40.9 Å². The van der Waals surface area contributed by atoms with Crippen LogP contribution >= 0.6 is 11.8 Å². The van der Waals surface area contributed by atoms with Gasteiger partial charge in [0.15, 0.2) is 11.0 Å². The van der Waals surface area contributed by atoms with Crippen molar-refractivity contribution in [1.29, 1.82) is 0 Å². The number of imidazole rings is 1. The van der Waals surface area contributed by atoms with E-state index in [1.54, 1.807) is 6.20 Å². The minimum Gasteiger partial charge on any atom is -0.457 e. The summed E-state index contributed by atoms with van der Waals surface area (Å²) in [5, 5.41) is 4.03. The van der Waals surface area contributed by atoms with E-state index in [0.29, 0.717) is 28.0 Å². The number of nitrogens with zero attached hydrogens (tertiary/aromatic N) is 6. The summed E-state index contributed by atoms with van der Waals surface area (Å²) in [6.07, 6.45) is 9.57. The van der Waals surface area contributed by atoms with Crippen molar-refractivity contribution in [2.75, 3.05) is 11.6 Å². The van der Waals surface area contributed by atoms with E-state index < -0.39 is 0 Å². The van der Waals surface area contributed by atoms with Gasteiger partial charge in [-0.3, -0.25) is 0 Å². The molecule has 1 aliphatic rings. The monoisotopic (exact) mass is 455 g/mol. The molecule has 0 aliphatic heterocycles. The molecule has 0 radical (unpaired) electrons. The van der Waals surface area contributed by atoms with Crippen LogP contribution in [0.25, 0.3) is 22.1 Å². The Kier molecular flexibility index (Phi) is 4.83. The van der Waals surface area contributed by atoms with Crippen LogP contribution in [0.4, 0.5) is 11.5 Å². The number of anilines is 2. The van der Waals surface area contributed by atoms with Crippen molar-refractivity contribution in [1.82, 2.24) is 29.5 Å². The third-order valence-corrected chi connectivity index (χ3v) is 6.25. The lowest BCUT2D eigenvalue weighted by Gasteiger charge is -2.12. The lowest BCUT2D eigenvalue weighted by atomic mass is 10.2. The van der Waals surface area contributed by atoms with E-state index in [0.717, 1.165) is 33.8 Å². The second kappa shape index (κ2) is 8.00. The molecule has 1 fully saturated rings. The number of aryl methyl sites for hydroxylation is 1. The molecule has 2 aromatic carbocycles. The Morgan fingerprint density at radius 1 is 1.03 bits per heavy atom. The summed E-state index contributed by atoms with van der Waals surface area (Å²) in [6.45, 7) is 2.02. The van der Waals surface area contributed by atoms with Gasteiger partial charge in [-0.2, -0.15) is 0 Å². The average molecular weight is 456 g/mol. The number of ether oxygens (including phenoxy) is 1. The minimum atomic E-state index is 0.606. The summed E-state index contributed by atoms with van der Waals surface area (Å²) in [5.41, 5.74) is 5.39. The van der Waals surface area contributed by atoms with Crippen molar-refractivity contribution in [3.05, 3.63) is 60.8 Å². The third-order valence-electron chi connectivity index (χ3n) is 5.69. The summed E-state index contributed by atoms with van der Waals surface area (Å²) < 4.78 is 8.44. The molecule has 5 aromatic rings. The van der Waals surface area contributed by atoms with Crippen LogP contribution in [-0.2, 0) is 0 Å². The molecule has 3 aromatic heterocycles. The van der Waals surface area contributed by atoms with E-state index in [1.807, 2.05) is 49.8 Å². The number of rotatable bonds is 6. The maximum Gasteiger partial charge on any atom is 0.188 e. The average Bonchev–Trinajstić information content (AvgIpc) is 3.60. The fraction of sp³-hybridized carbons (Fsp3) is 0.208. The van der Waals surface area contributed by atoms with E-state index in [1.165, 1.54) is 30.9 Å². The van der Waals surface area contributed by atoms with Gasteiger partial charge in [0.25, 0.3) is 0 Å². The van der Waals surface area contributed by atoms with Gasteiger partial charge in [0, 0.05) is 17.8 Å². The van der Waals surface area contributed by atoms with Crippen molar-refractivity contribution in [2.24, 2.45) is 0 Å². The maximum absolute atomic E-state index is 6.18. The van der Waals surface area contributed by atoms with Crippen molar-refractivity contribution >= 4 is 45.3 Å². The van der Waals surface area contributed by atoms with Crippen LogP contribution in [0.1, 0.15) is 24.4 Å². The van der Waals surface area contributed by atoms with E-state index >= 15 is 0 Å². The number of nitrogens with one attached hydrogen (secondary N) is 1. The molecule has 1 aliphatic carbocycles. The summed E-state index contributed by atoms with van der Waals surface area (Å²) >= 11 is 1.48. The number of hydrogen-bond acceptors (Lipinski definition) is 8. The molecule has 0 saturated heterocycles. The Morgan fingerprint density at radius 3 is 2.76 bits per heavy atom. The molecule has 9 heteroatoms. The van der Waals surface area contributed by atoms with Crippen molar-refractivity contribution in [2.45, 2.75) is 31.0 Å². The zero-order valence-corrected chi connectivity index (χ0v) is 19.0. The number of aromatic nitrogens is 6. The first-order chi connectivity index (χ1) is 16.2. The van der Waals surface area contributed by atoms with Gasteiger partial charge in [-0.05, 0) is 61.9 Å². The first-order valence-electron chi connectivity index (χ1n) is 10.7. The Morgan fingerprint density at radius 2 is 1.94 bits per heavy atom. The Hall–Kier alpha value is -3.72. The molecule has 0 unspecified atom stereocenters. The van der Waals surface area contributed by atoms with Crippen LogP contribution < -0.4 is 10.1 Å². The van der Waals surface area contributed by atoms with Crippen molar-refractivity contribution < 1.29 is 4.74 Å². The summed E-state index contributed by atoms with van der Waals surface area (Å²) in [5.74, 6) is 2.21. The molecule has 1 saturated carbocycles. The van der Waals surface area contributed by atoms with E-state index in [9.17, 15) is 0 Å². The molecule has 1 N–H and O–H groups in total. The zero-order chi connectivity index (χ0) is 22.4. The topological polar surface area (TPSA) is 90.6 Å².